The molecular formula is C19H17ClN2O4S. The number of rotatable bonds is 5. The zero-order valence-corrected chi connectivity index (χ0v) is 16.3. The molecule has 1 aliphatic rings. The Labute approximate surface area is 165 Å². The second kappa shape index (κ2) is 8.02. The largest absolute Gasteiger partial charge is 0.478 e. The van der Waals surface area contributed by atoms with Crippen molar-refractivity contribution in [3.63, 3.8) is 0 Å². The maximum atomic E-state index is 12.5. The fraction of sp³-hybridized carbons (Fsp3) is 0.211. The molecule has 0 atom stereocenters. The summed E-state index contributed by atoms with van der Waals surface area (Å²) in [5.41, 5.74) is 0.598. The highest BCUT2D eigenvalue weighted by Gasteiger charge is 2.32. The number of amidine groups is 1. The summed E-state index contributed by atoms with van der Waals surface area (Å²) < 4.78 is 5.78. The van der Waals surface area contributed by atoms with E-state index in [-0.39, 0.29) is 16.5 Å². The molecule has 0 bridgehead atoms. The summed E-state index contributed by atoms with van der Waals surface area (Å²) in [6, 6.07) is 8.12. The first-order chi connectivity index (χ1) is 12.9. The van der Waals surface area contributed by atoms with E-state index in [0.29, 0.717) is 40.2 Å². The van der Waals surface area contributed by atoms with Gasteiger partial charge in [-0.2, -0.15) is 0 Å². The summed E-state index contributed by atoms with van der Waals surface area (Å²) in [4.78, 5) is 30.2. The van der Waals surface area contributed by atoms with E-state index in [9.17, 15) is 14.7 Å². The van der Waals surface area contributed by atoms with E-state index >= 15 is 0 Å². The van der Waals surface area contributed by atoms with E-state index in [1.807, 2.05) is 13.8 Å². The fourth-order valence-corrected chi connectivity index (χ4v) is 3.88. The molecule has 3 rings (SSSR count). The van der Waals surface area contributed by atoms with Gasteiger partial charge in [0, 0.05) is 24.7 Å². The highest BCUT2D eigenvalue weighted by Crippen LogP contribution is 2.34. The Hall–Kier alpha value is -2.51. The van der Waals surface area contributed by atoms with E-state index in [2.05, 4.69) is 4.99 Å². The van der Waals surface area contributed by atoms with Crippen molar-refractivity contribution in [2.75, 3.05) is 13.1 Å². The van der Waals surface area contributed by atoms with Crippen LogP contribution in [0.1, 0.15) is 30.0 Å². The van der Waals surface area contributed by atoms with Crippen LogP contribution in [0.3, 0.4) is 0 Å². The van der Waals surface area contributed by atoms with Crippen LogP contribution < -0.4 is 0 Å². The number of likely N-dealkylation sites (N-methyl/N-ethyl adjacent to an activating group) is 1. The molecule has 8 heteroatoms. The predicted octanol–water partition coefficient (Wildman–Crippen LogP) is 4.61. The average molecular weight is 405 g/mol. The van der Waals surface area contributed by atoms with Crippen molar-refractivity contribution in [2.24, 2.45) is 4.99 Å². The number of carboxylic acid groups (broad SMARTS) is 1. The minimum Gasteiger partial charge on any atom is -0.478 e. The first-order valence-electron chi connectivity index (χ1n) is 8.33. The van der Waals surface area contributed by atoms with E-state index in [4.69, 9.17) is 16.0 Å². The number of carbonyl (C=O) groups excluding carboxylic acids is 1. The standard InChI is InChI=1S/C19H17ClN2O4S/c1-3-21-19-22(4-2)17(23)16(27-19)10-12-6-8-15(26-12)11-5-7-14(20)13(9-11)18(24)25/h5-10H,3-4H2,1-2H3,(H,24,25)/b16-10-,21-19?. The highest BCUT2D eigenvalue weighted by atomic mass is 35.5. The van der Waals surface area contributed by atoms with Gasteiger partial charge >= 0.3 is 5.97 Å². The molecule has 2 aromatic rings. The summed E-state index contributed by atoms with van der Waals surface area (Å²) >= 11 is 7.22. The summed E-state index contributed by atoms with van der Waals surface area (Å²) in [6.45, 7) is 4.98. The molecule has 0 aliphatic carbocycles. The van der Waals surface area contributed by atoms with Crippen molar-refractivity contribution in [3.8, 4) is 11.3 Å². The number of carbonyl (C=O) groups is 2. The molecule has 1 amide bonds. The average Bonchev–Trinajstić information content (AvgIpc) is 3.21. The number of amides is 1. The Bertz CT molecular complexity index is 964. The highest BCUT2D eigenvalue weighted by molar-refractivity contribution is 8.18. The van der Waals surface area contributed by atoms with Gasteiger partial charge in [0.25, 0.3) is 5.91 Å². The molecule has 1 aromatic heterocycles. The Morgan fingerprint density at radius 3 is 2.78 bits per heavy atom. The number of hydrogen-bond donors (Lipinski definition) is 1. The van der Waals surface area contributed by atoms with Crippen molar-refractivity contribution in [2.45, 2.75) is 13.8 Å². The first kappa shape index (κ1) is 19.3. The van der Waals surface area contributed by atoms with Gasteiger partial charge in [-0.05, 0) is 55.9 Å². The summed E-state index contributed by atoms with van der Waals surface area (Å²) in [7, 11) is 0. The van der Waals surface area contributed by atoms with Crippen LogP contribution in [-0.2, 0) is 4.79 Å². The van der Waals surface area contributed by atoms with Crippen LogP contribution in [0, 0.1) is 0 Å². The van der Waals surface area contributed by atoms with Crippen molar-refractivity contribution < 1.29 is 19.1 Å². The van der Waals surface area contributed by atoms with Gasteiger partial charge in [-0.25, -0.2) is 4.79 Å². The number of hydrogen-bond acceptors (Lipinski definition) is 5. The van der Waals surface area contributed by atoms with Crippen LogP contribution in [0.15, 0.2) is 44.6 Å². The molecular weight excluding hydrogens is 388 g/mol. The number of aliphatic imine (C=N–C) groups is 1. The van der Waals surface area contributed by atoms with Gasteiger partial charge in [0.15, 0.2) is 5.17 Å². The van der Waals surface area contributed by atoms with Gasteiger partial charge < -0.3 is 9.52 Å². The maximum absolute atomic E-state index is 12.5. The summed E-state index contributed by atoms with van der Waals surface area (Å²) in [5, 5.41) is 10.0. The molecule has 0 unspecified atom stereocenters. The van der Waals surface area contributed by atoms with Crippen LogP contribution in [0.5, 0.6) is 0 Å². The lowest BCUT2D eigenvalue weighted by molar-refractivity contribution is -0.122. The summed E-state index contributed by atoms with van der Waals surface area (Å²) in [6.07, 6.45) is 1.67. The van der Waals surface area contributed by atoms with Gasteiger partial charge in [-0.15, -0.1) is 0 Å². The number of halogens is 1. The molecule has 0 radical (unpaired) electrons. The SMILES string of the molecule is CCN=C1S/C(=C\c2ccc(-c3ccc(Cl)c(C(=O)O)c3)o2)C(=O)N1CC. The number of aromatic carboxylic acids is 1. The van der Waals surface area contributed by atoms with Gasteiger partial charge in [0.2, 0.25) is 0 Å². The Kier molecular flexibility index (Phi) is 5.72. The fourth-order valence-electron chi connectivity index (χ4n) is 2.60. The molecule has 1 aliphatic heterocycles. The molecule has 1 fully saturated rings. The third kappa shape index (κ3) is 3.94. The molecule has 0 saturated carbocycles. The second-order valence-electron chi connectivity index (χ2n) is 5.62. The molecule has 1 aromatic carbocycles. The number of benzene rings is 1. The molecule has 2 heterocycles. The summed E-state index contributed by atoms with van der Waals surface area (Å²) in [5.74, 6) is -0.217. The lowest BCUT2D eigenvalue weighted by atomic mass is 10.1. The third-order valence-electron chi connectivity index (χ3n) is 3.88. The molecule has 1 saturated heterocycles. The Morgan fingerprint density at radius 1 is 1.33 bits per heavy atom. The van der Waals surface area contributed by atoms with E-state index in [1.54, 1.807) is 29.2 Å². The molecule has 27 heavy (non-hydrogen) atoms. The predicted molar refractivity (Wildman–Crippen MR) is 107 cm³/mol. The normalized spacial score (nSPS) is 17.3. The van der Waals surface area contributed by atoms with Gasteiger partial charge in [0.05, 0.1) is 15.5 Å². The van der Waals surface area contributed by atoms with E-state index in [1.165, 1.54) is 23.9 Å². The van der Waals surface area contributed by atoms with Crippen molar-refractivity contribution in [1.82, 2.24) is 4.90 Å². The van der Waals surface area contributed by atoms with Gasteiger partial charge in [-0.1, -0.05) is 11.6 Å². The van der Waals surface area contributed by atoms with Crippen LogP contribution >= 0.6 is 23.4 Å². The van der Waals surface area contributed by atoms with Crippen molar-refractivity contribution in [1.29, 1.82) is 0 Å². The number of furan rings is 1. The first-order valence-corrected chi connectivity index (χ1v) is 9.53. The van der Waals surface area contributed by atoms with E-state index < -0.39 is 5.97 Å². The van der Waals surface area contributed by atoms with Gasteiger partial charge in [-0.3, -0.25) is 14.7 Å². The zero-order valence-electron chi connectivity index (χ0n) is 14.7. The monoisotopic (exact) mass is 404 g/mol. The van der Waals surface area contributed by atoms with Crippen LogP contribution in [-0.4, -0.2) is 40.1 Å². The second-order valence-corrected chi connectivity index (χ2v) is 7.04. The quantitative estimate of drug-likeness (QED) is 0.735. The van der Waals surface area contributed by atoms with Crippen molar-refractivity contribution >= 4 is 46.5 Å². The van der Waals surface area contributed by atoms with E-state index in [0.717, 1.165) is 0 Å². The number of thioether (sulfide) groups is 1. The van der Waals surface area contributed by atoms with Crippen LogP contribution in [0.25, 0.3) is 17.4 Å². The lowest BCUT2D eigenvalue weighted by Crippen LogP contribution is -2.28. The molecule has 140 valence electrons. The molecule has 6 nitrogen and oxygen atoms in total. The number of nitrogens with zero attached hydrogens (tertiary/aromatic N) is 2. The minimum atomic E-state index is -1.11. The minimum absolute atomic E-state index is 0.00556. The number of carboxylic acids is 1. The van der Waals surface area contributed by atoms with Gasteiger partial charge in [0.1, 0.15) is 11.5 Å². The Balaban J connectivity index is 1.90. The molecule has 0 spiro atoms. The van der Waals surface area contributed by atoms with Crippen molar-refractivity contribution in [3.05, 3.63) is 51.6 Å². The lowest BCUT2D eigenvalue weighted by Gasteiger charge is -2.11. The smallest absolute Gasteiger partial charge is 0.337 e. The Morgan fingerprint density at radius 2 is 2.11 bits per heavy atom. The van der Waals surface area contributed by atoms with Crippen LogP contribution in [0.2, 0.25) is 5.02 Å². The third-order valence-corrected chi connectivity index (χ3v) is 5.25. The maximum Gasteiger partial charge on any atom is 0.337 e. The topological polar surface area (TPSA) is 83.1 Å². The van der Waals surface area contributed by atoms with Crippen LogP contribution in [0.4, 0.5) is 0 Å². The molecule has 1 N–H and O–H groups in total. The zero-order chi connectivity index (χ0) is 19.6.